The number of halogens is 5. The van der Waals surface area contributed by atoms with Crippen LogP contribution < -0.4 is 11.2 Å². The summed E-state index contributed by atoms with van der Waals surface area (Å²) in [6.07, 6.45) is -4.48. The minimum Gasteiger partial charge on any atom is -0.395 e. The third-order valence-corrected chi connectivity index (χ3v) is 6.32. The first-order chi connectivity index (χ1) is 15.4. The van der Waals surface area contributed by atoms with Gasteiger partial charge in [0.1, 0.15) is 11.6 Å². The summed E-state index contributed by atoms with van der Waals surface area (Å²) in [7, 11) is 1.20. The highest BCUT2D eigenvalue weighted by Crippen LogP contribution is 2.40. The van der Waals surface area contributed by atoms with Crippen LogP contribution in [-0.4, -0.2) is 58.1 Å². The van der Waals surface area contributed by atoms with Gasteiger partial charge in [-0.3, -0.25) is 14.7 Å². The quantitative estimate of drug-likeness (QED) is 0.350. The fraction of sp³-hybridized carbons (Fsp3) is 0.333. The molecule has 178 valence electrons. The molecule has 3 aromatic rings. The molecule has 2 aromatic carbocycles. The Labute approximate surface area is 188 Å². The van der Waals surface area contributed by atoms with Crippen molar-refractivity contribution < 1.29 is 27.1 Å². The van der Waals surface area contributed by atoms with Crippen LogP contribution >= 0.6 is 11.8 Å². The Morgan fingerprint density at radius 3 is 2.45 bits per heavy atom. The van der Waals surface area contributed by atoms with E-state index in [9.17, 15) is 36.6 Å². The van der Waals surface area contributed by atoms with Crippen molar-refractivity contribution in [2.75, 3.05) is 26.0 Å². The fourth-order valence-electron chi connectivity index (χ4n) is 3.49. The van der Waals surface area contributed by atoms with E-state index >= 15 is 0 Å². The molecule has 0 amide bonds. The van der Waals surface area contributed by atoms with Gasteiger partial charge in [-0.2, -0.15) is 13.2 Å². The minimum atomic E-state index is -4.48. The number of alkyl halides is 3. The van der Waals surface area contributed by atoms with Crippen LogP contribution in [0.15, 0.2) is 38.8 Å². The number of H-pyrrole nitrogens is 2. The van der Waals surface area contributed by atoms with Crippen LogP contribution in [-0.2, 0) is 0 Å². The summed E-state index contributed by atoms with van der Waals surface area (Å²) in [6.45, 7) is -0.268. The number of hydrogen-bond acceptors (Lipinski definition) is 5. The maximum atomic E-state index is 14.7. The number of rotatable bonds is 7. The van der Waals surface area contributed by atoms with E-state index in [2.05, 4.69) is 9.97 Å². The van der Waals surface area contributed by atoms with Gasteiger partial charge in [-0.1, -0.05) is 0 Å². The van der Waals surface area contributed by atoms with Crippen molar-refractivity contribution in [1.29, 1.82) is 0 Å². The third-order valence-electron chi connectivity index (χ3n) is 5.07. The molecular formula is C21H20F5N3O3S. The number of aliphatic hydroxyl groups is 1. The molecule has 33 heavy (non-hydrogen) atoms. The Morgan fingerprint density at radius 1 is 1.15 bits per heavy atom. The van der Waals surface area contributed by atoms with E-state index in [0.717, 1.165) is 22.7 Å². The topological polar surface area (TPSA) is 89.2 Å². The highest BCUT2D eigenvalue weighted by Gasteiger charge is 2.32. The molecule has 0 radical (unpaired) electrons. The zero-order valence-electron chi connectivity index (χ0n) is 17.5. The Hall–Kier alpha value is -2.70. The molecule has 1 heterocycles. The smallest absolute Gasteiger partial charge is 0.395 e. The molecule has 0 unspecified atom stereocenters. The van der Waals surface area contributed by atoms with Crippen LogP contribution in [0, 0.1) is 18.6 Å². The number of thioether (sulfide) groups is 1. The summed E-state index contributed by atoms with van der Waals surface area (Å²) in [4.78, 5) is 30.0. The third kappa shape index (κ3) is 5.63. The molecule has 0 fully saturated rings. The molecule has 0 spiro atoms. The second kappa shape index (κ2) is 9.65. The van der Waals surface area contributed by atoms with E-state index in [1.165, 1.54) is 19.2 Å². The Morgan fingerprint density at radius 2 is 1.85 bits per heavy atom. The molecule has 0 saturated heterocycles. The number of nitrogens with one attached hydrogen (secondary N) is 2. The molecule has 0 bridgehead atoms. The van der Waals surface area contributed by atoms with E-state index in [0.29, 0.717) is 11.6 Å². The molecule has 12 heteroatoms. The molecule has 0 aliphatic heterocycles. The number of benzene rings is 2. The van der Waals surface area contributed by atoms with Gasteiger partial charge < -0.3 is 10.1 Å². The van der Waals surface area contributed by atoms with E-state index in [4.69, 9.17) is 0 Å². The number of aryl methyl sites for hydroxylation is 1. The maximum Gasteiger partial charge on any atom is 0.401 e. The summed E-state index contributed by atoms with van der Waals surface area (Å²) in [5.74, 6) is -1.77. The number of likely N-dealkylation sites (N-methyl/N-ethyl adjacent to an activating group) is 1. The molecule has 0 aliphatic rings. The van der Waals surface area contributed by atoms with Crippen LogP contribution in [0.4, 0.5) is 22.0 Å². The maximum absolute atomic E-state index is 14.7. The minimum absolute atomic E-state index is 0.0105. The van der Waals surface area contributed by atoms with Crippen LogP contribution in [0.25, 0.3) is 22.0 Å². The predicted molar refractivity (Wildman–Crippen MR) is 116 cm³/mol. The lowest BCUT2D eigenvalue weighted by atomic mass is 9.98. The number of aliphatic hydroxyl groups excluding tert-OH is 1. The van der Waals surface area contributed by atoms with E-state index in [-0.39, 0.29) is 32.7 Å². The lowest BCUT2D eigenvalue weighted by molar-refractivity contribution is -0.147. The van der Waals surface area contributed by atoms with Gasteiger partial charge in [-0.15, -0.1) is 11.8 Å². The zero-order chi connectivity index (χ0) is 24.5. The summed E-state index contributed by atoms with van der Waals surface area (Å²) in [5.41, 5.74) is -0.787. The van der Waals surface area contributed by atoms with Crippen LogP contribution in [0.2, 0.25) is 0 Å². The first-order valence-electron chi connectivity index (χ1n) is 9.67. The molecular weight excluding hydrogens is 469 g/mol. The highest BCUT2D eigenvalue weighted by atomic mass is 32.2. The summed E-state index contributed by atoms with van der Waals surface area (Å²) in [6, 6.07) is 3.43. The zero-order valence-corrected chi connectivity index (χ0v) is 18.3. The van der Waals surface area contributed by atoms with E-state index in [1.807, 2.05) is 0 Å². The van der Waals surface area contributed by atoms with Gasteiger partial charge in [0.25, 0.3) is 5.56 Å². The summed E-state index contributed by atoms with van der Waals surface area (Å²) >= 11 is 0.951. The van der Waals surface area contributed by atoms with Crippen molar-refractivity contribution in [3.63, 3.8) is 0 Å². The van der Waals surface area contributed by atoms with Crippen molar-refractivity contribution in [3.8, 4) is 11.1 Å². The number of fused-ring (bicyclic) bond motifs is 1. The lowest BCUT2D eigenvalue weighted by Gasteiger charge is -2.27. The SMILES string of the molecule is Cc1cc2c(=O)[nH]c(=O)[nH]c2c(SC[C@H](CO)N(C)CC(F)(F)F)c1-c1ccc(F)cc1F. The Bertz CT molecular complexity index is 1290. The van der Waals surface area contributed by atoms with E-state index < -0.39 is 48.3 Å². The van der Waals surface area contributed by atoms with Crippen molar-refractivity contribution in [3.05, 3.63) is 62.3 Å². The summed E-state index contributed by atoms with van der Waals surface area (Å²) in [5, 5.41) is 9.74. The second-order valence-corrected chi connectivity index (χ2v) is 8.56. The monoisotopic (exact) mass is 489 g/mol. The van der Waals surface area contributed by atoms with Crippen molar-refractivity contribution >= 4 is 22.7 Å². The molecule has 1 atom stereocenters. The van der Waals surface area contributed by atoms with Crippen molar-refractivity contribution in [1.82, 2.24) is 14.9 Å². The lowest BCUT2D eigenvalue weighted by Crippen LogP contribution is -2.42. The van der Waals surface area contributed by atoms with Gasteiger partial charge in [-0.05, 0) is 37.7 Å². The summed E-state index contributed by atoms with van der Waals surface area (Å²) < 4.78 is 66.5. The van der Waals surface area contributed by atoms with Gasteiger partial charge in [-0.25, -0.2) is 13.6 Å². The number of nitrogens with zero attached hydrogens (tertiary/aromatic N) is 1. The number of aromatic nitrogens is 2. The first-order valence-corrected chi connectivity index (χ1v) is 10.7. The molecule has 0 saturated carbocycles. The van der Waals surface area contributed by atoms with Crippen LogP contribution in [0.5, 0.6) is 0 Å². The number of aromatic amines is 2. The van der Waals surface area contributed by atoms with Gasteiger partial charge in [0.15, 0.2) is 0 Å². The predicted octanol–water partition coefficient (Wildman–Crippen LogP) is 3.42. The van der Waals surface area contributed by atoms with Crippen LogP contribution in [0.3, 0.4) is 0 Å². The number of hydrogen-bond donors (Lipinski definition) is 3. The normalized spacial score (nSPS) is 13.1. The second-order valence-electron chi connectivity index (χ2n) is 7.53. The average Bonchev–Trinajstić information content (AvgIpc) is 2.68. The standard InChI is InChI=1S/C21H20F5N3O3S/c1-10-5-14-17(27-20(32)28-19(14)31)18(16(10)13-4-3-11(22)6-15(13)23)33-8-12(7-30)29(2)9-21(24,25)26/h3-6,12,30H,7-9H2,1-2H3,(H2,27,28,31,32)/t12-/m0/s1. The fourth-order valence-corrected chi connectivity index (χ4v) is 4.93. The average molecular weight is 489 g/mol. The molecule has 3 N–H and O–H groups in total. The van der Waals surface area contributed by atoms with Gasteiger partial charge in [0, 0.05) is 33.9 Å². The van der Waals surface area contributed by atoms with Crippen molar-refractivity contribution in [2.24, 2.45) is 0 Å². The van der Waals surface area contributed by atoms with Crippen LogP contribution in [0.1, 0.15) is 5.56 Å². The molecule has 6 nitrogen and oxygen atoms in total. The largest absolute Gasteiger partial charge is 0.401 e. The Kier molecular flexibility index (Phi) is 7.29. The van der Waals surface area contributed by atoms with Gasteiger partial charge in [0.05, 0.1) is 24.1 Å². The molecule has 0 aliphatic carbocycles. The molecule has 1 aromatic heterocycles. The Balaban J connectivity index is 2.17. The first kappa shape index (κ1) is 24.9. The van der Waals surface area contributed by atoms with Gasteiger partial charge >= 0.3 is 11.9 Å². The van der Waals surface area contributed by atoms with E-state index in [1.54, 1.807) is 6.92 Å². The molecule has 3 rings (SSSR count). The van der Waals surface area contributed by atoms with Gasteiger partial charge in [0.2, 0.25) is 0 Å². The van der Waals surface area contributed by atoms with Crippen molar-refractivity contribution in [2.45, 2.75) is 24.0 Å². The highest BCUT2D eigenvalue weighted by molar-refractivity contribution is 7.99.